The third-order valence-electron chi connectivity index (χ3n) is 0.495. The average Bonchev–Trinajstić information content (AvgIpc) is 1.66. The van der Waals surface area contributed by atoms with Crippen LogP contribution in [0.25, 0.3) is 0 Å². The van der Waals surface area contributed by atoms with Crippen LogP contribution in [-0.4, -0.2) is 25.7 Å². The van der Waals surface area contributed by atoms with E-state index in [4.69, 9.17) is 11.5 Å². The highest BCUT2D eigenvalue weighted by atomic mass is 16.5. The summed E-state index contributed by atoms with van der Waals surface area (Å²) in [6.45, 7) is 0.606. The van der Waals surface area contributed by atoms with Crippen molar-refractivity contribution < 1.29 is 9.53 Å². The number of hydrogen-bond acceptors (Lipinski definition) is 3. The number of nitrogens with two attached hydrogens (primary N) is 1. The topological polar surface area (TPSA) is 76.1 Å². The van der Waals surface area contributed by atoms with Gasteiger partial charge in [0.1, 0.15) is 6.61 Å². The van der Waals surface area contributed by atoms with E-state index in [1.54, 1.807) is 0 Å². The molecule has 0 aliphatic heterocycles. The molecule has 0 aliphatic rings. The van der Waals surface area contributed by atoms with Crippen molar-refractivity contribution in [3.63, 3.8) is 0 Å². The van der Waals surface area contributed by atoms with Crippen molar-refractivity contribution in [2.75, 3.05) is 19.8 Å². The fraction of sp³-hybridized carbons (Fsp3) is 0.750. The van der Waals surface area contributed by atoms with Crippen molar-refractivity contribution in [3.05, 3.63) is 0 Å². The fourth-order valence-corrected chi connectivity index (χ4v) is 0.248. The monoisotopic (exact) mass is 117 g/mol. The SMILES string of the molecule is [NH]C(=O)COCCN. The highest BCUT2D eigenvalue weighted by molar-refractivity contribution is 5.74. The third-order valence-corrected chi connectivity index (χ3v) is 0.495. The average molecular weight is 117 g/mol. The van der Waals surface area contributed by atoms with Gasteiger partial charge < -0.3 is 10.5 Å². The maximum Gasteiger partial charge on any atom is 0.264 e. The smallest absolute Gasteiger partial charge is 0.264 e. The van der Waals surface area contributed by atoms with Crippen LogP contribution >= 0.6 is 0 Å². The first-order valence-corrected chi connectivity index (χ1v) is 2.29. The second kappa shape index (κ2) is 4.55. The molecule has 0 aliphatic carbocycles. The predicted molar refractivity (Wildman–Crippen MR) is 28.0 cm³/mol. The number of hydrogen-bond donors (Lipinski definition) is 1. The lowest BCUT2D eigenvalue weighted by atomic mass is 10.6. The Morgan fingerprint density at radius 3 is 2.75 bits per heavy atom. The molecule has 0 saturated heterocycles. The Balaban J connectivity index is 2.82. The van der Waals surface area contributed by atoms with Gasteiger partial charge in [0.05, 0.1) is 6.61 Å². The molecule has 0 saturated carbocycles. The maximum atomic E-state index is 9.82. The zero-order valence-electron chi connectivity index (χ0n) is 4.52. The Morgan fingerprint density at radius 2 is 2.38 bits per heavy atom. The Labute approximate surface area is 47.8 Å². The number of amides is 1. The van der Waals surface area contributed by atoms with Gasteiger partial charge in [0.25, 0.3) is 5.91 Å². The van der Waals surface area contributed by atoms with Crippen LogP contribution in [0.1, 0.15) is 0 Å². The van der Waals surface area contributed by atoms with Crippen LogP contribution in [-0.2, 0) is 9.53 Å². The van der Waals surface area contributed by atoms with Crippen LogP contribution in [0.2, 0.25) is 0 Å². The molecule has 0 spiro atoms. The normalized spacial score (nSPS) is 9.12. The molecule has 47 valence electrons. The zero-order chi connectivity index (χ0) is 6.41. The van der Waals surface area contributed by atoms with Crippen LogP contribution in [0.5, 0.6) is 0 Å². The summed E-state index contributed by atoms with van der Waals surface area (Å²) in [6.07, 6.45) is 0. The van der Waals surface area contributed by atoms with Crippen molar-refractivity contribution in [1.82, 2.24) is 5.73 Å². The molecular weight excluding hydrogens is 108 g/mol. The van der Waals surface area contributed by atoms with E-state index in [0.717, 1.165) is 0 Å². The van der Waals surface area contributed by atoms with Gasteiger partial charge in [0.15, 0.2) is 0 Å². The largest absolute Gasteiger partial charge is 0.370 e. The summed E-state index contributed by atoms with van der Waals surface area (Å²) >= 11 is 0. The van der Waals surface area contributed by atoms with Gasteiger partial charge in [0, 0.05) is 6.54 Å². The van der Waals surface area contributed by atoms with Crippen molar-refractivity contribution >= 4 is 5.91 Å². The zero-order valence-corrected chi connectivity index (χ0v) is 4.52. The molecule has 0 aromatic rings. The molecule has 0 unspecified atom stereocenters. The van der Waals surface area contributed by atoms with Crippen molar-refractivity contribution in [2.45, 2.75) is 0 Å². The van der Waals surface area contributed by atoms with E-state index in [1.807, 2.05) is 0 Å². The maximum absolute atomic E-state index is 9.82. The summed E-state index contributed by atoms with van der Waals surface area (Å²) in [7, 11) is 0. The lowest BCUT2D eigenvalue weighted by molar-refractivity contribution is -0.123. The second-order valence-corrected chi connectivity index (χ2v) is 1.26. The summed E-state index contributed by atoms with van der Waals surface area (Å²) < 4.78 is 4.58. The van der Waals surface area contributed by atoms with Gasteiger partial charge in [-0.2, -0.15) is 0 Å². The van der Waals surface area contributed by atoms with Crippen molar-refractivity contribution in [1.29, 1.82) is 0 Å². The quantitative estimate of drug-likeness (QED) is 0.468. The molecule has 4 heteroatoms. The van der Waals surface area contributed by atoms with Crippen LogP contribution < -0.4 is 11.5 Å². The predicted octanol–water partition coefficient (Wildman–Crippen LogP) is -1.23. The van der Waals surface area contributed by atoms with E-state index >= 15 is 0 Å². The Morgan fingerprint density at radius 1 is 1.75 bits per heavy atom. The number of carbonyl (C=O) groups excluding carboxylic acids is 1. The highest BCUT2D eigenvalue weighted by Gasteiger charge is 1.90. The van der Waals surface area contributed by atoms with Crippen LogP contribution in [0, 0.1) is 0 Å². The number of carbonyl (C=O) groups is 1. The molecule has 0 rings (SSSR count). The van der Waals surface area contributed by atoms with Gasteiger partial charge in [-0.05, 0) is 0 Å². The van der Waals surface area contributed by atoms with E-state index in [-0.39, 0.29) is 6.61 Å². The number of nitrogens with one attached hydrogen (secondary N) is 1. The minimum atomic E-state index is -0.710. The Kier molecular flexibility index (Phi) is 4.20. The molecule has 4 nitrogen and oxygen atoms in total. The van der Waals surface area contributed by atoms with E-state index in [9.17, 15) is 4.79 Å². The van der Waals surface area contributed by atoms with Crippen molar-refractivity contribution in [2.24, 2.45) is 5.73 Å². The lowest BCUT2D eigenvalue weighted by Gasteiger charge is -1.94. The summed E-state index contributed by atoms with van der Waals surface area (Å²) in [6, 6.07) is 0. The molecule has 1 radical (unpaired) electrons. The molecule has 0 aromatic heterocycles. The molecule has 8 heavy (non-hydrogen) atoms. The highest BCUT2D eigenvalue weighted by Crippen LogP contribution is 1.69. The molecule has 0 fully saturated rings. The Bertz CT molecular complexity index is 74.4. The molecule has 1 amide bonds. The minimum Gasteiger partial charge on any atom is -0.370 e. The first-order valence-electron chi connectivity index (χ1n) is 2.29. The van der Waals surface area contributed by atoms with Crippen LogP contribution in [0.3, 0.4) is 0 Å². The molecule has 0 heterocycles. The summed E-state index contributed by atoms with van der Waals surface area (Å²) in [5, 5.41) is 0. The number of ether oxygens (including phenoxy) is 1. The third kappa shape index (κ3) is 5.39. The van der Waals surface area contributed by atoms with Gasteiger partial charge in [-0.3, -0.25) is 10.5 Å². The lowest BCUT2D eigenvalue weighted by Crippen LogP contribution is -2.14. The summed E-state index contributed by atoms with van der Waals surface area (Å²) in [4.78, 5) is 9.82. The van der Waals surface area contributed by atoms with E-state index in [2.05, 4.69) is 4.74 Å². The minimum absolute atomic E-state index is 0.142. The molecule has 0 aromatic carbocycles. The van der Waals surface area contributed by atoms with E-state index in [0.29, 0.717) is 13.2 Å². The Hall–Kier alpha value is -0.610. The van der Waals surface area contributed by atoms with Gasteiger partial charge >= 0.3 is 0 Å². The molecule has 0 bridgehead atoms. The van der Waals surface area contributed by atoms with Crippen LogP contribution in [0.4, 0.5) is 0 Å². The van der Waals surface area contributed by atoms with Crippen LogP contribution in [0.15, 0.2) is 0 Å². The molecule has 0 atom stereocenters. The van der Waals surface area contributed by atoms with Gasteiger partial charge in [-0.15, -0.1) is 0 Å². The van der Waals surface area contributed by atoms with Gasteiger partial charge in [-0.25, -0.2) is 0 Å². The summed E-state index contributed by atoms with van der Waals surface area (Å²) in [5.41, 5.74) is 11.4. The fourth-order valence-electron chi connectivity index (χ4n) is 0.248. The van der Waals surface area contributed by atoms with Crippen molar-refractivity contribution in [3.8, 4) is 0 Å². The number of rotatable bonds is 4. The molecule has 3 N–H and O–H groups in total. The second-order valence-electron chi connectivity index (χ2n) is 1.26. The van der Waals surface area contributed by atoms with Gasteiger partial charge in [0.2, 0.25) is 0 Å². The molecular formula is C4H9N2O2. The summed E-state index contributed by atoms with van der Waals surface area (Å²) in [5.74, 6) is -0.710. The van der Waals surface area contributed by atoms with Gasteiger partial charge in [-0.1, -0.05) is 0 Å². The first kappa shape index (κ1) is 7.39. The van der Waals surface area contributed by atoms with E-state index in [1.165, 1.54) is 0 Å². The van der Waals surface area contributed by atoms with E-state index < -0.39 is 5.91 Å². The standard InChI is InChI=1S/C4H9N2O2/c5-1-2-8-3-4(6)7/h6H,1-3,5H2. The first-order chi connectivity index (χ1) is 3.77.